The van der Waals surface area contributed by atoms with Gasteiger partial charge in [0.05, 0.1) is 18.7 Å². The Morgan fingerprint density at radius 1 is 1.12 bits per heavy atom. The van der Waals surface area contributed by atoms with E-state index in [1.54, 1.807) is 14.2 Å². The van der Waals surface area contributed by atoms with Crippen molar-refractivity contribution in [2.75, 3.05) is 14.2 Å². The summed E-state index contributed by atoms with van der Waals surface area (Å²) in [6, 6.07) is 13.6. The molecule has 1 aliphatic rings. The first-order valence-electron chi connectivity index (χ1n) is 7.90. The lowest BCUT2D eigenvalue weighted by Gasteiger charge is -2.23. The predicted octanol–water partition coefficient (Wildman–Crippen LogP) is 4.27. The Kier molecular flexibility index (Phi) is 5.09. The average Bonchev–Trinajstić information content (AvgIpc) is 3.44. The Hall–Kier alpha value is -2.01. The van der Waals surface area contributed by atoms with Crippen molar-refractivity contribution in [3.8, 4) is 11.5 Å². The van der Waals surface area contributed by atoms with E-state index in [4.69, 9.17) is 9.47 Å². The molecule has 0 saturated heterocycles. The summed E-state index contributed by atoms with van der Waals surface area (Å²) in [4.78, 5) is 14.9. The van der Waals surface area contributed by atoms with Crippen molar-refractivity contribution in [2.45, 2.75) is 25.4 Å². The van der Waals surface area contributed by atoms with Gasteiger partial charge in [-0.25, -0.2) is 0 Å². The van der Waals surface area contributed by atoms with Crippen LogP contribution >= 0.6 is 15.9 Å². The van der Waals surface area contributed by atoms with Gasteiger partial charge in [-0.3, -0.25) is 4.79 Å². The van der Waals surface area contributed by atoms with E-state index in [1.165, 1.54) is 0 Å². The van der Waals surface area contributed by atoms with Crippen LogP contribution in [0.3, 0.4) is 0 Å². The molecule has 0 N–H and O–H groups in total. The molecule has 0 aliphatic heterocycles. The van der Waals surface area contributed by atoms with Crippen LogP contribution in [0.25, 0.3) is 0 Å². The first-order chi connectivity index (χ1) is 11.6. The molecule has 0 aromatic heterocycles. The van der Waals surface area contributed by atoms with Crippen LogP contribution in [0.2, 0.25) is 0 Å². The van der Waals surface area contributed by atoms with Crippen molar-refractivity contribution < 1.29 is 14.3 Å². The Labute approximate surface area is 150 Å². The highest BCUT2D eigenvalue weighted by Gasteiger charge is 2.33. The van der Waals surface area contributed by atoms with Gasteiger partial charge >= 0.3 is 0 Å². The standard InChI is InChI=1S/C19H20BrNO3/c1-23-16-8-3-13(4-9-16)12-21(15-6-7-15)19(22)14-5-10-18(24-2)17(20)11-14/h3-5,8-11,15H,6-7,12H2,1-2H3. The molecule has 1 aliphatic carbocycles. The molecule has 1 fully saturated rings. The highest BCUT2D eigenvalue weighted by molar-refractivity contribution is 9.10. The topological polar surface area (TPSA) is 38.8 Å². The average molecular weight is 390 g/mol. The zero-order valence-corrected chi connectivity index (χ0v) is 15.4. The Balaban J connectivity index is 1.79. The summed E-state index contributed by atoms with van der Waals surface area (Å²) in [5.74, 6) is 1.60. The van der Waals surface area contributed by atoms with Gasteiger partial charge in [0.25, 0.3) is 5.91 Å². The zero-order chi connectivity index (χ0) is 17.1. The molecule has 0 bridgehead atoms. The summed E-state index contributed by atoms with van der Waals surface area (Å²) in [6.07, 6.45) is 2.14. The van der Waals surface area contributed by atoms with Gasteiger partial charge in [0.15, 0.2) is 0 Å². The summed E-state index contributed by atoms with van der Waals surface area (Å²) in [5, 5.41) is 0. The Morgan fingerprint density at radius 2 is 1.83 bits per heavy atom. The molecular formula is C19H20BrNO3. The van der Waals surface area contributed by atoms with Crippen LogP contribution in [0.4, 0.5) is 0 Å². The number of ether oxygens (including phenoxy) is 2. The number of carbonyl (C=O) groups excluding carboxylic acids is 1. The second-order valence-corrected chi connectivity index (χ2v) is 6.72. The van der Waals surface area contributed by atoms with Crippen molar-refractivity contribution in [2.24, 2.45) is 0 Å². The van der Waals surface area contributed by atoms with Crippen LogP contribution < -0.4 is 9.47 Å². The molecular weight excluding hydrogens is 370 g/mol. The fourth-order valence-corrected chi connectivity index (χ4v) is 3.19. The number of nitrogens with zero attached hydrogens (tertiary/aromatic N) is 1. The highest BCUT2D eigenvalue weighted by atomic mass is 79.9. The number of amides is 1. The number of methoxy groups -OCH3 is 2. The Morgan fingerprint density at radius 3 is 2.38 bits per heavy atom. The molecule has 0 radical (unpaired) electrons. The summed E-state index contributed by atoms with van der Waals surface area (Å²) >= 11 is 3.45. The molecule has 2 aromatic rings. The predicted molar refractivity (Wildman–Crippen MR) is 96.6 cm³/mol. The minimum absolute atomic E-state index is 0.0525. The number of hydrogen-bond donors (Lipinski definition) is 0. The quantitative estimate of drug-likeness (QED) is 0.740. The normalized spacial score (nSPS) is 13.5. The summed E-state index contributed by atoms with van der Waals surface area (Å²) in [6.45, 7) is 0.608. The fourth-order valence-electron chi connectivity index (χ4n) is 2.65. The van der Waals surface area contributed by atoms with E-state index < -0.39 is 0 Å². The van der Waals surface area contributed by atoms with Gasteiger partial charge in [0.1, 0.15) is 11.5 Å². The van der Waals surface area contributed by atoms with Crippen LogP contribution in [0.1, 0.15) is 28.8 Å². The number of benzene rings is 2. The lowest BCUT2D eigenvalue weighted by molar-refractivity contribution is 0.0730. The lowest BCUT2D eigenvalue weighted by atomic mass is 10.1. The van der Waals surface area contributed by atoms with Crippen molar-refractivity contribution in [3.63, 3.8) is 0 Å². The molecule has 24 heavy (non-hydrogen) atoms. The zero-order valence-electron chi connectivity index (χ0n) is 13.8. The molecule has 1 saturated carbocycles. The van der Waals surface area contributed by atoms with Gasteiger partial charge < -0.3 is 14.4 Å². The molecule has 0 spiro atoms. The maximum Gasteiger partial charge on any atom is 0.254 e. The lowest BCUT2D eigenvalue weighted by Crippen LogP contribution is -2.32. The number of halogens is 1. The van der Waals surface area contributed by atoms with E-state index >= 15 is 0 Å². The van der Waals surface area contributed by atoms with E-state index in [0.717, 1.165) is 34.4 Å². The van der Waals surface area contributed by atoms with Crippen LogP contribution in [0.5, 0.6) is 11.5 Å². The molecule has 4 nitrogen and oxygen atoms in total. The van der Waals surface area contributed by atoms with Gasteiger partial charge in [0, 0.05) is 18.2 Å². The van der Waals surface area contributed by atoms with E-state index in [9.17, 15) is 4.79 Å². The van der Waals surface area contributed by atoms with Crippen LogP contribution in [-0.2, 0) is 6.54 Å². The van der Waals surface area contributed by atoms with Gasteiger partial charge in [-0.05, 0) is 64.7 Å². The first kappa shape index (κ1) is 16.8. The summed E-state index contributed by atoms with van der Waals surface area (Å²) in [7, 11) is 3.26. The van der Waals surface area contributed by atoms with Gasteiger partial charge in [-0.2, -0.15) is 0 Å². The van der Waals surface area contributed by atoms with E-state index in [2.05, 4.69) is 15.9 Å². The van der Waals surface area contributed by atoms with Crippen molar-refractivity contribution in [1.82, 2.24) is 4.90 Å². The van der Waals surface area contributed by atoms with Crippen LogP contribution in [-0.4, -0.2) is 31.1 Å². The SMILES string of the molecule is COc1ccc(CN(C(=O)c2ccc(OC)c(Br)c2)C2CC2)cc1. The molecule has 0 heterocycles. The van der Waals surface area contributed by atoms with Gasteiger partial charge in [-0.1, -0.05) is 12.1 Å². The number of carbonyl (C=O) groups is 1. The van der Waals surface area contributed by atoms with Crippen LogP contribution in [0, 0.1) is 0 Å². The molecule has 0 unspecified atom stereocenters. The second kappa shape index (κ2) is 7.26. The van der Waals surface area contributed by atoms with E-state index in [0.29, 0.717) is 18.2 Å². The molecule has 2 aromatic carbocycles. The third-order valence-electron chi connectivity index (χ3n) is 4.16. The molecule has 3 rings (SSSR count). The third-order valence-corrected chi connectivity index (χ3v) is 4.78. The fraction of sp³-hybridized carbons (Fsp3) is 0.316. The summed E-state index contributed by atoms with van der Waals surface area (Å²) in [5.41, 5.74) is 1.77. The smallest absolute Gasteiger partial charge is 0.254 e. The molecule has 5 heteroatoms. The molecule has 0 atom stereocenters. The van der Waals surface area contributed by atoms with Crippen LogP contribution in [0.15, 0.2) is 46.9 Å². The highest BCUT2D eigenvalue weighted by Crippen LogP contribution is 2.32. The minimum Gasteiger partial charge on any atom is -0.497 e. The van der Waals surface area contributed by atoms with Gasteiger partial charge in [0.2, 0.25) is 0 Å². The van der Waals surface area contributed by atoms with E-state index in [1.807, 2.05) is 47.4 Å². The largest absolute Gasteiger partial charge is 0.497 e. The second-order valence-electron chi connectivity index (χ2n) is 5.86. The first-order valence-corrected chi connectivity index (χ1v) is 8.69. The maximum absolute atomic E-state index is 12.9. The maximum atomic E-state index is 12.9. The summed E-state index contributed by atoms with van der Waals surface area (Å²) < 4.78 is 11.2. The molecule has 126 valence electrons. The minimum atomic E-state index is 0.0525. The monoisotopic (exact) mass is 389 g/mol. The number of rotatable bonds is 6. The van der Waals surface area contributed by atoms with Crippen molar-refractivity contribution >= 4 is 21.8 Å². The Bertz CT molecular complexity index is 726. The third kappa shape index (κ3) is 3.73. The van der Waals surface area contributed by atoms with Gasteiger partial charge in [-0.15, -0.1) is 0 Å². The molecule has 1 amide bonds. The number of hydrogen-bond acceptors (Lipinski definition) is 3. The van der Waals surface area contributed by atoms with Crippen molar-refractivity contribution in [1.29, 1.82) is 0 Å². The van der Waals surface area contributed by atoms with E-state index in [-0.39, 0.29) is 5.91 Å². The van der Waals surface area contributed by atoms with Crippen molar-refractivity contribution in [3.05, 3.63) is 58.1 Å².